The van der Waals surface area contributed by atoms with E-state index in [2.05, 4.69) is 16.8 Å². The van der Waals surface area contributed by atoms with Gasteiger partial charge in [0.2, 0.25) is 5.75 Å². The molecule has 0 amide bonds. The first kappa shape index (κ1) is 38.0. The van der Waals surface area contributed by atoms with Gasteiger partial charge in [0.15, 0.2) is 22.0 Å². The Labute approximate surface area is 292 Å². The summed E-state index contributed by atoms with van der Waals surface area (Å²) in [5.41, 5.74) is 1.74. The van der Waals surface area contributed by atoms with Gasteiger partial charge in [0.25, 0.3) is 0 Å². The summed E-state index contributed by atoms with van der Waals surface area (Å²) in [6, 6.07) is 17.8. The molecule has 3 aromatic carbocycles. The summed E-state index contributed by atoms with van der Waals surface area (Å²) in [6.45, 7) is 9.19. The smallest absolute Gasteiger partial charge is 0.343 e. The number of esters is 1. The Bertz CT molecular complexity index is 1670. The van der Waals surface area contributed by atoms with Crippen molar-refractivity contribution in [3.63, 3.8) is 0 Å². The van der Waals surface area contributed by atoms with Crippen molar-refractivity contribution >= 4 is 53.5 Å². The van der Waals surface area contributed by atoms with Gasteiger partial charge in [-0.2, -0.15) is 0 Å². The number of likely N-dealkylation sites (N-methyl/N-ethyl adjacent to an activating group) is 1. The molecule has 1 aromatic heterocycles. The molecule has 0 radical (unpaired) electrons. The van der Waals surface area contributed by atoms with E-state index in [1.165, 1.54) is 37.6 Å². The van der Waals surface area contributed by atoms with E-state index in [0.717, 1.165) is 50.5 Å². The molecule has 1 fully saturated rings. The number of rotatable bonds is 12. The minimum atomic E-state index is -0.419. The molecule has 0 aliphatic carbocycles. The molecule has 0 spiro atoms. The highest BCUT2D eigenvalue weighted by molar-refractivity contribution is 7.99. The number of ether oxygens (including phenoxy) is 4. The second kappa shape index (κ2) is 17.7. The highest BCUT2D eigenvalue weighted by Crippen LogP contribution is 2.44. The van der Waals surface area contributed by atoms with E-state index in [0.29, 0.717) is 33.5 Å². The van der Waals surface area contributed by atoms with Crippen molar-refractivity contribution in [2.45, 2.75) is 49.3 Å². The van der Waals surface area contributed by atoms with Crippen LogP contribution in [0.25, 0.3) is 11.0 Å². The van der Waals surface area contributed by atoms with Crippen molar-refractivity contribution in [1.29, 1.82) is 0 Å². The normalized spacial score (nSPS) is 13.5. The van der Waals surface area contributed by atoms with E-state index in [4.69, 9.17) is 23.4 Å². The summed E-state index contributed by atoms with van der Waals surface area (Å²) < 4.78 is 29.1. The molecular formula is C35H42Cl2N2O7S. The van der Waals surface area contributed by atoms with Gasteiger partial charge in [0, 0.05) is 49.8 Å². The maximum absolute atomic E-state index is 13.2. The fourth-order valence-corrected chi connectivity index (χ4v) is 6.06. The minimum Gasteiger partial charge on any atom is -0.492 e. The zero-order valence-corrected chi connectivity index (χ0v) is 29.7. The number of hydrogen-bond donors (Lipinski definition) is 0. The molecule has 1 aliphatic heterocycles. The largest absolute Gasteiger partial charge is 0.492 e. The fraction of sp³-hybridized carbons (Fsp3) is 0.371. The third-order valence-corrected chi connectivity index (χ3v) is 8.84. The van der Waals surface area contributed by atoms with Crippen LogP contribution in [0, 0.1) is 0 Å². The number of piperazine rings is 1. The summed E-state index contributed by atoms with van der Waals surface area (Å²) in [6.07, 6.45) is 1.60. The number of methoxy groups -OCH3 is 2. The Hall–Kier alpha value is -3.41. The Kier molecular flexibility index (Phi) is 14.3. The lowest BCUT2D eigenvalue weighted by molar-refractivity contribution is 0.0734. The molecule has 0 atom stereocenters. The van der Waals surface area contributed by atoms with Gasteiger partial charge in [-0.1, -0.05) is 37.7 Å². The van der Waals surface area contributed by atoms with E-state index >= 15 is 0 Å². The number of nitrogens with zero attached hydrogens (tertiary/aromatic N) is 2. The minimum absolute atomic E-state index is 0. The average molecular weight is 706 g/mol. The molecule has 0 bridgehead atoms. The maximum atomic E-state index is 13.2. The van der Waals surface area contributed by atoms with Crippen LogP contribution in [-0.4, -0.2) is 69.3 Å². The number of halogens is 2. The summed E-state index contributed by atoms with van der Waals surface area (Å²) in [5.74, 6) is 1.09. The number of hydrogen-bond acceptors (Lipinski definition) is 10. The topological polar surface area (TPSA) is 90.7 Å². The number of carbonyl (C=O) groups excluding carboxylic acids is 1. The highest BCUT2D eigenvalue weighted by atomic mass is 35.5. The maximum Gasteiger partial charge on any atom is 0.343 e. The van der Waals surface area contributed by atoms with Crippen LogP contribution >= 0.6 is 36.6 Å². The van der Waals surface area contributed by atoms with E-state index < -0.39 is 5.97 Å². The van der Waals surface area contributed by atoms with Crippen molar-refractivity contribution in [3.8, 4) is 23.0 Å². The molecule has 2 heterocycles. The predicted octanol–water partition coefficient (Wildman–Crippen LogP) is 7.34. The van der Waals surface area contributed by atoms with Crippen LogP contribution in [0.4, 0.5) is 0 Å². The van der Waals surface area contributed by atoms with Crippen LogP contribution in [0.1, 0.15) is 42.6 Å². The molecule has 254 valence electrons. The summed E-state index contributed by atoms with van der Waals surface area (Å²) >= 11 is 1.28. The van der Waals surface area contributed by atoms with Gasteiger partial charge < -0.3 is 28.3 Å². The molecule has 0 saturated carbocycles. The van der Waals surface area contributed by atoms with Crippen LogP contribution in [0.5, 0.6) is 23.0 Å². The Balaban J connectivity index is 0.00000300. The highest BCUT2D eigenvalue weighted by Gasteiger charge is 2.23. The molecule has 1 aliphatic rings. The van der Waals surface area contributed by atoms with Crippen LogP contribution < -0.4 is 24.4 Å². The first-order valence-electron chi connectivity index (χ1n) is 15.2. The van der Waals surface area contributed by atoms with E-state index in [9.17, 15) is 9.59 Å². The van der Waals surface area contributed by atoms with Crippen LogP contribution in [0.3, 0.4) is 0 Å². The molecule has 4 aromatic rings. The molecule has 1 saturated heterocycles. The zero-order chi connectivity index (χ0) is 31.9. The van der Waals surface area contributed by atoms with E-state index in [1.54, 1.807) is 18.2 Å². The standard InChI is InChI=1S/C35H40N2O7S.2ClH/c1-6-25(7-2)42-30-21-29-32(34(41-5)33(30)40-4)28(38)20-31(44-29)45-27-14-12-26(13-15-27)43-35(39)24-10-8-23(9-11-24)22-37-18-16-36(3)17-19-37;;/h8-15,20-21,25H,6-7,16-19,22H2,1-5H3;2*1H. The summed E-state index contributed by atoms with van der Waals surface area (Å²) in [7, 11) is 5.15. The Morgan fingerprint density at radius 3 is 2.13 bits per heavy atom. The number of carbonyl (C=O) groups is 1. The van der Waals surface area contributed by atoms with E-state index in [-0.39, 0.29) is 47.5 Å². The first-order chi connectivity index (χ1) is 21.8. The van der Waals surface area contributed by atoms with Gasteiger partial charge in [-0.15, -0.1) is 24.8 Å². The number of benzene rings is 3. The third kappa shape index (κ3) is 9.36. The second-order valence-electron chi connectivity index (χ2n) is 11.0. The van der Waals surface area contributed by atoms with E-state index in [1.807, 2.05) is 50.2 Å². The molecule has 12 heteroatoms. The van der Waals surface area contributed by atoms with Gasteiger partial charge in [0.1, 0.15) is 16.7 Å². The molecule has 9 nitrogen and oxygen atoms in total. The van der Waals surface area contributed by atoms with Crippen molar-refractivity contribution < 1.29 is 28.2 Å². The van der Waals surface area contributed by atoms with Crippen LogP contribution in [0.15, 0.2) is 79.9 Å². The molecule has 47 heavy (non-hydrogen) atoms. The lowest BCUT2D eigenvalue weighted by Crippen LogP contribution is -2.43. The predicted molar refractivity (Wildman–Crippen MR) is 190 cm³/mol. The van der Waals surface area contributed by atoms with Crippen LogP contribution in [0.2, 0.25) is 0 Å². The van der Waals surface area contributed by atoms with Crippen molar-refractivity contribution in [2.75, 3.05) is 47.4 Å². The monoisotopic (exact) mass is 704 g/mol. The lowest BCUT2D eigenvalue weighted by atomic mass is 10.1. The Morgan fingerprint density at radius 1 is 0.894 bits per heavy atom. The summed E-state index contributed by atoms with van der Waals surface area (Å²) in [5, 5.41) is 0.680. The van der Waals surface area contributed by atoms with Gasteiger partial charge in [0.05, 0.1) is 25.9 Å². The molecule has 5 rings (SSSR count). The number of fused-ring (bicyclic) bond motifs is 1. The molecule has 0 N–H and O–H groups in total. The fourth-order valence-electron chi connectivity index (χ4n) is 5.25. The van der Waals surface area contributed by atoms with Gasteiger partial charge >= 0.3 is 5.97 Å². The van der Waals surface area contributed by atoms with Gasteiger partial charge in [-0.05, 0) is 61.9 Å². The van der Waals surface area contributed by atoms with Gasteiger partial charge in [-0.3, -0.25) is 9.69 Å². The lowest BCUT2D eigenvalue weighted by Gasteiger charge is -2.32. The second-order valence-corrected chi connectivity index (χ2v) is 12.1. The first-order valence-corrected chi connectivity index (χ1v) is 16.0. The SMILES string of the molecule is CCC(CC)Oc1cc2oc(Sc3ccc(OC(=O)c4ccc(CN5CCN(C)CC5)cc4)cc3)cc(=O)c2c(OC)c1OC.Cl.Cl. The van der Waals surface area contributed by atoms with Crippen molar-refractivity contribution in [1.82, 2.24) is 9.80 Å². The third-order valence-electron chi connectivity index (χ3n) is 7.93. The van der Waals surface area contributed by atoms with Crippen molar-refractivity contribution in [2.24, 2.45) is 0 Å². The van der Waals surface area contributed by atoms with Gasteiger partial charge in [-0.25, -0.2) is 4.79 Å². The van der Waals surface area contributed by atoms with Crippen LogP contribution in [-0.2, 0) is 6.54 Å². The van der Waals surface area contributed by atoms with Crippen molar-refractivity contribution in [3.05, 3.63) is 82.0 Å². The zero-order valence-electron chi connectivity index (χ0n) is 27.3. The average Bonchev–Trinajstić information content (AvgIpc) is 3.05. The Morgan fingerprint density at radius 2 is 1.53 bits per heavy atom. The molecule has 0 unspecified atom stereocenters. The molecular weight excluding hydrogens is 663 g/mol. The summed E-state index contributed by atoms with van der Waals surface area (Å²) in [4.78, 5) is 31.6. The quantitative estimate of drug-likeness (QED) is 0.110.